The first-order valence-electron chi connectivity index (χ1n) is 5.24. The first-order valence-corrected chi connectivity index (χ1v) is 5.24. The summed E-state index contributed by atoms with van der Waals surface area (Å²) >= 11 is 0. The zero-order valence-corrected chi connectivity index (χ0v) is 9.41. The van der Waals surface area contributed by atoms with Gasteiger partial charge in [-0.15, -0.1) is 0 Å². The number of aromatic nitrogens is 2. The van der Waals surface area contributed by atoms with Crippen LogP contribution in [0.1, 0.15) is 11.3 Å². The van der Waals surface area contributed by atoms with Crippen LogP contribution in [0.2, 0.25) is 0 Å². The highest BCUT2D eigenvalue weighted by atomic mass is 16.6. The largest absolute Gasteiger partial charge is 0.476 e. The molecule has 0 spiro atoms. The molecule has 18 heavy (non-hydrogen) atoms. The number of hydrogen-bond donors (Lipinski definition) is 2. The van der Waals surface area contributed by atoms with Gasteiger partial charge in [-0.25, -0.2) is 4.79 Å². The average molecular weight is 245 g/mol. The fourth-order valence-electron chi connectivity index (χ4n) is 1.34. The molecule has 0 radical (unpaired) electrons. The van der Waals surface area contributed by atoms with Crippen molar-refractivity contribution in [3.63, 3.8) is 0 Å². The molecule has 6 heteroatoms. The van der Waals surface area contributed by atoms with Gasteiger partial charge in [0.25, 0.3) is 0 Å². The minimum Gasteiger partial charge on any atom is -0.476 e. The number of H-pyrrole nitrogens is 1. The van der Waals surface area contributed by atoms with Crippen molar-refractivity contribution in [3.8, 4) is 0 Å². The summed E-state index contributed by atoms with van der Waals surface area (Å²) in [7, 11) is 0. The predicted octanol–water partition coefficient (Wildman–Crippen LogP) is 1.42. The van der Waals surface area contributed by atoms with E-state index in [4.69, 9.17) is 9.94 Å². The highest BCUT2D eigenvalue weighted by Gasteiger charge is 2.14. The first kappa shape index (κ1) is 11.8. The Morgan fingerprint density at radius 2 is 2.11 bits per heavy atom. The van der Waals surface area contributed by atoms with Gasteiger partial charge in [0, 0.05) is 6.20 Å². The van der Waals surface area contributed by atoms with E-state index in [0.29, 0.717) is 5.69 Å². The number of oxime groups is 1. The summed E-state index contributed by atoms with van der Waals surface area (Å²) in [5, 5.41) is 18.8. The topological polar surface area (TPSA) is 87.6 Å². The summed E-state index contributed by atoms with van der Waals surface area (Å²) < 4.78 is 0. The number of carbonyl (C=O) groups is 1. The Labute approximate surface area is 103 Å². The molecule has 0 aliphatic rings. The molecule has 92 valence electrons. The van der Waals surface area contributed by atoms with E-state index >= 15 is 0 Å². The van der Waals surface area contributed by atoms with Gasteiger partial charge in [0.05, 0.1) is 5.69 Å². The lowest BCUT2D eigenvalue weighted by Crippen LogP contribution is -2.15. The lowest BCUT2D eigenvalue weighted by Gasteiger charge is -2.01. The van der Waals surface area contributed by atoms with Crippen molar-refractivity contribution in [1.82, 2.24) is 10.2 Å². The van der Waals surface area contributed by atoms with Gasteiger partial charge >= 0.3 is 5.97 Å². The molecule has 1 aromatic heterocycles. The molecule has 0 saturated heterocycles. The van der Waals surface area contributed by atoms with E-state index in [1.54, 1.807) is 0 Å². The van der Waals surface area contributed by atoms with Gasteiger partial charge < -0.3 is 9.94 Å². The van der Waals surface area contributed by atoms with E-state index in [-0.39, 0.29) is 12.3 Å². The van der Waals surface area contributed by atoms with Crippen LogP contribution in [-0.4, -0.2) is 27.0 Å². The Balaban J connectivity index is 2.04. The number of aliphatic carboxylic acids is 1. The molecule has 0 saturated carbocycles. The number of carboxylic acid groups (broad SMARTS) is 1. The highest BCUT2D eigenvalue weighted by molar-refractivity contribution is 6.41. The summed E-state index contributed by atoms with van der Waals surface area (Å²) in [6, 6.07) is 10.9. The van der Waals surface area contributed by atoms with Crippen molar-refractivity contribution in [2.75, 3.05) is 0 Å². The Morgan fingerprint density at radius 3 is 2.72 bits per heavy atom. The SMILES string of the molecule is O=C(O)C(=NOCc1ccccc1)c1ccn[nH]1. The van der Waals surface area contributed by atoms with Crippen LogP contribution in [0.3, 0.4) is 0 Å². The van der Waals surface area contributed by atoms with Gasteiger partial charge in [0.2, 0.25) is 5.71 Å². The first-order chi connectivity index (χ1) is 8.77. The number of carboxylic acids is 1. The van der Waals surface area contributed by atoms with E-state index in [2.05, 4.69) is 15.4 Å². The summed E-state index contributed by atoms with van der Waals surface area (Å²) in [5.74, 6) is -1.17. The second kappa shape index (κ2) is 5.62. The summed E-state index contributed by atoms with van der Waals surface area (Å²) in [5.41, 5.74) is 1.01. The van der Waals surface area contributed by atoms with Gasteiger partial charge in [0.1, 0.15) is 6.61 Å². The second-order valence-corrected chi connectivity index (χ2v) is 3.47. The maximum atomic E-state index is 11.0. The Morgan fingerprint density at radius 1 is 1.33 bits per heavy atom. The predicted molar refractivity (Wildman–Crippen MR) is 64.0 cm³/mol. The molecule has 0 amide bonds. The molecule has 2 rings (SSSR count). The fraction of sp³-hybridized carbons (Fsp3) is 0.0833. The van der Waals surface area contributed by atoms with Crippen LogP contribution in [0.15, 0.2) is 47.8 Å². The smallest absolute Gasteiger partial charge is 0.360 e. The molecule has 0 fully saturated rings. The average Bonchev–Trinajstić information content (AvgIpc) is 2.89. The van der Waals surface area contributed by atoms with E-state index in [0.717, 1.165) is 5.56 Å². The third kappa shape index (κ3) is 2.94. The maximum absolute atomic E-state index is 11.0. The van der Waals surface area contributed by atoms with Crippen LogP contribution >= 0.6 is 0 Å². The van der Waals surface area contributed by atoms with Crippen LogP contribution in [0.4, 0.5) is 0 Å². The Bertz CT molecular complexity index is 535. The van der Waals surface area contributed by atoms with E-state index in [1.807, 2.05) is 30.3 Å². The third-order valence-corrected chi connectivity index (χ3v) is 2.19. The molecular weight excluding hydrogens is 234 g/mol. The molecule has 1 aromatic carbocycles. The normalized spacial score (nSPS) is 11.2. The Kier molecular flexibility index (Phi) is 3.70. The standard InChI is InChI=1S/C12H11N3O3/c16-12(17)11(10-6-7-13-14-10)15-18-8-9-4-2-1-3-5-9/h1-7H,8H2,(H,13,14)(H,16,17). The molecule has 2 N–H and O–H groups in total. The zero-order valence-electron chi connectivity index (χ0n) is 9.41. The van der Waals surface area contributed by atoms with E-state index in [1.165, 1.54) is 12.3 Å². The van der Waals surface area contributed by atoms with E-state index in [9.17, 15) is 4.79 Å². The fourth-order valence-corrected chi connectivity index (χ4v) is 1.34. The van der Waals surface area contributed by atoms with Crippen LogP contribution in [0.25, 0.3) is 0 Å². The van der Waals surface area contributed by atoms with Crippen LogP contribution in [0, 0.1) is 0 Å². The van der Waals surface area contributed by atoms with Crippen molar-refractivity contribution >= 4 is 11.7 Å². The molecule has 0 atom stereocenters. The summed E-state index contributed by atoms with van der Waals surface area (Å²) in [6.07, 6.45) is 1.45. The molecule has 2 aromatic rings. The summed E-state index contributed by atoms with van der Waals surface area (Å²) in [6.45, 7) is 0.214. The molecule has 1 heterocycles. The van der Waals surface area contributed by atoms with Crippen molar-refractivity contribution in [2.45, 2.75) is 6.61 Å². The number of nitrogens with zero attached hydrogens (tertiary/aromatic N) is 2. The minimum absolute atomic E-state index is 0.205. The molecule has 0 aliphatic carbocycles. The van der Waals surface area contributed by atoms with Gasteiger partial charge in [-0.05, 0) is 11.6 Å². The highest BCUT2D eigenvalue weighted by Crippen LogP contribution is 2.03. The molecule has 0 unspecified atom stereocenters. The minimum atomic E-state index is -1.17. The number of aromatic amines is 1. The molecule has 0 bridgehead atoms. The van der Waals surface area contributed by atoms with Crippen molar-refractivity contribution in [1.29, 1.82) is 0 Å². The van der Waals surface area contributed by atoms with Crippen LogP contribution in [0.5, 0.6) is 0 Å². The molecular formula is C12H11N3O3. The van der Waals surface area contributed by atoms with Gasteiger partial charge in [0.15, 0.2) is 0 Å². The maximum Gasteiger partial charge on any atom is 0.360 e. The van der Waals surface area contributed by atoms with Gasteiger partial charge in [-0.1, -0.05) is 35.5 Å². The van der Waals surface area contributed by atoms with Gasteiger partial charge in [-0.2, -0.15) is 5.10 Å². The van der Waals surface area contributed by atoms with Gasteiger partial charge in [-0.3, -0.25) is 5.10 Å². The van der Waals surface area contributed by atoms with Crippen molar-refractivity contribution in [3.05, 3.63) is 53.9 Å². The Hall–Kier alpha value is -2.63. The number of hydrogen-bond acceptors (Lipinski definition) is 4. The lowest BCUT2D eigenvalue weighted by molar-refractivity contribution is -0.129. The van der Waals surface area contributed by atoms with Crippen molar-refractivity contribution in [2.24, 2.45) is 5.16 Å². The zero-order chi connectivity index (χ0) is 12.8. The molecule has 6 nitrogen and oxygen atoms in total. The van der Waals surface area contributed by atoms with Crippen molar-refractivity contribution < 1.29 is 14.7 Å². The molecule has 0 aliphatic heterocycles. The number of rotatable bonds is 5. The summed E-state index contributed by atoms with van der Waals surface area (Å²) in [4.78, 5) is 16.0. The lowest BCUT2D eigenvalue weighted by atomic mass is 10.2. The quantitative estimate of drug-likeness (QED) is 0.616. The van der Waals surface area contributed by atoms with Crippen LogP contribution < -0.4 is 0 Å². The number of benzene rings is 1. The van der Waals surface area contributed by atoms with E-state index < -0.39 is 5.97 Å². The monoisotopic (exact) mass is 245 g/mol. The third-order valence-electron chi connectivity index (χ3n) is 2.19. The van der Waals surface area contributed by atoms with Crippen LogP contribution in [-0.2, 0) is 16.2 Å². The number of nitrogens with one attached hydrogen (secondary N) is 1. The second-order valence-electron chi connectivity index (χ2n) is 3.47.